The standard InChI is InChI=1S/C14H19BrN2O2/c1-14(13(18)19-2,17-9-7-16-8-10-17)11-3-5-12(15)6-4-11/h3-6,16H,7-10H2,1-2H3. The summed E-state index contributed by atoms with van der Waals surface area (Å²) in [5.74, 6) is -0.211. The Morgan fingerprint density at radius 3 is 2.42 bits per heavy atom. The third-order valence-electron chi connectivity index (χ3n) is 3.74. The minimum atomic E-state index is -0.725. The number of hydrogen-bond donors (Lipinski definition) is 1. The van der Waals surface area contributed by atoms with Gasteiger partial charge >= 0.3 is 5.97 Å². The van der Waals surface area contributed by atoms with E-state index in [0.29, 0.717) is 0 Å². The number of esters is 1. The summed E-state index contributed by atoms with van der Waals surface area (Å²) in [6.07, 6.45) is 0. The van der Waals surface area contributed by atoms with E-state index in [1.54, 1.807) is 0 Å². The van der Waals surface area contributed by atoms with Crippen LogP contribution in [0, 0.1) is 0 Å². The zero-order valence-electron chi connectivity index (χ0n) is 11.3. The Morgan fingerprint density at radius 1 is 1.32 bits per heavy atom. The van der Waals surface area contributed by atoms with Crippen molar-refractivity contribution in [3.05, 3.63) is 34.3 Å². The molecule has 104 valence electrons. The minimum absolute atomic E-state index is 0.211. The van der Waals surface area contributed by atoms with Crippen LogP contribution in [-0.4, -0.2) is 44.2 Å². The lowest BCUT2D eigenvalue weighted by Crippen LogP contribution is -2.57. The lowest BCUT2D eigenvalue weighted by atomic mass is 9.89. The van der Waals surface area contributed by atoms with Crippen molar-refractivity contribution in [3.63, 3.8) is 0 Å². The summed E-state index contributed by atoms with van der Waals surface area (Å²) < 4.78 is 6.04. The zero-order valence-corrected chi connectivity index (χ0v) is 12.9. The summed E-state index contributed by atoms with van der Waals surface area (Å²) in [6.45, 7) is 5.39. The molecule has 0 bridgehead atoms. The van der Waals surface area contributed by atoms with Gasteiger partial charge in [0, 0.05) is 30.7 Å². The maximum atomic E-state index is 12.3. The molecule has 0 spiro atoms. The number of methoxy groups -OCH3 is 1. The van der Waals surface area contributed by atoms with Crippen molar-refractivity contribution in [2.24, 2.45) is 0 Å². The number of nitrogens with zero attached hydrogens (tertiary/aromatic N) is 1. The monoisotopic (exact) mass is 326 g/mol. The van der Waals surface area contributed by atoms with Gasteiger partial charge < -0.3 is 10.1 Å². The van der Waals surface area contributed by atoms with Crippen molar-refractivity contribution >= 4 is 21.9 Å². The number of ether oxygens (including phenoxy) is 1. The van der Waals surface area contributed by atoms with Crippen molar-refractivity contribution in [2.45, 2.75) is 12.5 Å². The largest absolute Gasteiger partial charge is 0.467 e. The molecule has 19 heavy (non-hydrogen) atoms. The van der Waals surface area contributed by atoms with E-state index in [-0.39, 0.29) is 5.97 Å². The van der Waals surface area contributed by atoms with Gasteiger partial charge in [-0.3, -0.25) is 4.90 Å². The van der Waals surface area contributed by atoms with Gasteiger partial charge in [-0.15, -0.1) is 0 Å². The van der Waals surface area contributed by atoms with Crippen LogP contribution in [-0.2, 0) is 15.1 Å². The smallest absolute Gasteiger partial charge is 0.330 e. The molecule has 0 aliphatic carbocycles. The van der Waals surface area contributed by atoms with E-state index in [0.717, 1.165) is 36.2 Å². The molecule has 1 aromatic rings. The predicted molar refractivity (Wildman–Crippen MR) is 78.0 cm³/mol. The number of rotatable bonds is 3. The van der Waals surface area contributed by atoms with Crippen LogP contribution < -0.4 is 5.32 Å². The topological polar surface area (TPSA) is 41.6 Å². The zero-order chi connectivity index (χ0) is 13.9. The number of halogens is 1. The van der Waals surface area contributed by atoms with Gasteiger partial charge in [0.25, 0.3) is 0 Å². The Balaban J connectivity index is 2.38. The van der Waals surface area contributed by atoms with Crippen LogP contribution in [0.2, 0.25) is 0 Å². The molecule has 2 rings (SSSR count). The normalized spacial score (nSPS) is 19.7. The molecule has 0 aromatic heterocycles. The number of carbonyl (C=O) groups excluding carboxylic acids is 1. The summed E-state index contributed by atoms with van der Waals surface area (Å²) in [5.41, 5.74) is 0.238. The number of carbonyl (C=O) groups is 1. The van der Waals surface area contributed by atoms with E-state index in [2.05, 4.69) is 26.1 Å². The van der Waals surface area contributed by atoms with Gasteiger partial charge in [-0.1, -0.05) is 28.1 Å². The van der Waals surface area contributed by atoms with Crippen molar-refractivity contribution < 1.29 is 9.53 Å². The van der Waals surface area contributed by atoms with Crippen molar-refractivity contribution in [1.82, 2.24) is 10.2 Å². The SMILES string of the molecule is COC(=O)C(C)(c1ccc(Br)cc1)N1CCNCC1. The molecule has 5 heteroatoms. The van der Waals surface area contributed by atoms with Gasteiger partial charge in [0.05, 0.1) is 7.11 Å². The Bertz CT molecular complexity index is 443. The van der Waals surface area contributed by atoms with Gasteiger partial charge in [0.1, 0.15) is 5.54 Å². The minimum Gasteiger partial charge on any atom is -0.467 e. The Kier molecular flexibility index (Phi) is 4.60. The molecule has 1 N–H and O–H groups in total. The molecule has 1 saturated heterocycles. The third-order valence-corrected chi connectivity index (χ3v) is 4.27. The highest BCUT2D eigenvalue weighted by Crippen LogP contribution is 2.31. The lowest BCUT2D eigenvalue weighted by Gasteiger charge is -2.41. The van der Waals surface area contributed by atoms with Crippen molar-refractivity contribution in [2.75, 3.05) is 33.3 Å². The summed E-state index contributed by atoms with van der Waals surface area (Å²) in [4.78, 5) is 14.5. The van der Waals surface area contributed by atoms with Gasteiger partial charge in [0.15, 0.2) is 0 Å². The average molecular weight is 327 g/mol. The van der Waals surface area contributed by atoms with Crippen molar-refractivity contribution in [3.8, 4) is 0 Å². The van der Waals surface area contributed by atoms with Crippen LogP contribution in [0.15, 0.2) is 28.7 Å². The summed E-state index contributed by atoms with van der Waals surface area (Å²) in [5, 5.41) is 3.30. The fourth-order valence-electron chi connectivity index (χ4n) is 2.51. The van der Waals surface area contributed by atoms with E-state index < -0.39 is 5.54 Å². The molecular formula is C14H19BrN2O2. The van der Waals surface area contributed by atoms with E-state index in [4.69, 9.17) is 4.74 Å². The van der Waals surface area contributed by atoms with Crippen LogP contribution in [0.3, 0.4) is 0 Å². The fourth-order valence-corrected chi connectivity index (χ4v) is 2.78. The van der Waals surface area contributed by atoms with Crippen LogP contribution in [0.25, 0.3) is 0 Å². The molecule has 0 radical (unpaired) electrons. The predicted octanol–water partition coefficient (Wildman–Crippen LogP) is 1.74. The van der Waals surface area contributed by atoms with E-state index in [1.807, 2.05) is 31.2 Å². The molecule has 1 aromatic carbocycles. The van der Waals surface area contributed by atoms with E-state index in [9.17, 15) is 4.79 Å². The first-order chi connectivity index (χ1) is 9.09. The molecule has 1 heterocycles. The molecule has 1 aliphatic heterocycles. The maximum Gasteiger partial charge on any atom is 0.330 e. The van der Waals surface area contributed by atoms with Gasteiger partial charge in [-0.2, -0.15) is 0 Å². The second-order valence-electron chi connectivity index (χ2n) is 4.81. The van der Waals surface area contributed by atoms with Crippen LogP contribution in [0.5, 0.6) is 0 Å². The first-order valence-electron chi connectivity index (χ1n) is 6.39. The van der Waals surface area contributed by atoms with Gasteiger partial charge in [-0.25, -0.2) is 4.79 Å². The average Bonchev–Trinajstić information content (AvgIpc) is 2.47. The number of benzene rings is 1. The van der Waals surface area contributed by atoms with Crippen LogP contribution in [0.4, 0.5) is 0 Å². The van der Waals surface area contributed by atoms with E-state index in [1.165, 1.54) is 7.11 Å². The molecule has 1 fully saturated rings. The first kappa shape index (κ1) is 14.5. The Hall–Kier alpha value is -0.910. The number of piperazine rings is 1. The van der Waals surface area contributed by atoms with Gasteiger partial charge in [-0.05, 0) is 24.6 Å². The quantitative estimate of drug-likeness (QED) is 0.859. The Morgan fingerprint density at radius 2 is 1.89 bits per heavy atom. The number of hydrogen-bond acceptors (Lipinski definition) is 4. The Labute approximate surface area is 122 Å². The van der Waals surface area contributed by atoms with E-state index >= 15 is 0 Å². The number of nitrogens with one attached hydrogen (secondary N) is 1. The van der Waals surface area contributed by atoms with Gasteiger partial charge in [0.2, 0.25) is 0 Å². The molecule has 1 aliphatic rings. The summed E-state index contributed by atoms with van der Waals surface area (Å²) >= 11 is 3.42. The molecule has 0 amide bonds. The van der Waals surface area contributed by atoms with Crippen molar-refractivity contribution in [1.29, 1.82) is 0 Å². The third kappa shape index (κ3) is 2.83. The highest BCUT2D eigenvalue weighted by molar-refractivity contribution is 9.10. The lowest BCUT2D eigenvalue weighted by molar-refractivity contribution is -0.155. The van der Waals surface area contributed by atoms with Crippen LogP contribution >= 0.6 is 15.9 Å². The summed E-state index contributed by atoms with van der Waals surface area (Å²) in [6, 6.07) is 7.86. The molecule has 1 unspecified atom stereocenters. The molecule has 0 saturated carbocycles. The van der Waals surface area contributed by atoms with Crippen LogP contribution in [0.1, 0.15) is 12.5 Å². The fraction of sp³-hybridized carbons (Fsp3) is 0.500. The highest BCUT2D eigenvalue weighted by atomic mass is 79.9. The second-order valence-corrected chi connectivity index (χ2v) is 5.72. The molecule has 1 atom stereocenters. The molecular weight excluding hydrogens is 308 g/mol. The molecule has 4 nitrogen and oxygen atoms in total. The summed E-state index contributed by atoms with van der Waals surface area (Å²) in [7, 11) is 1.45. The highest BCUT2D eigenvalue weighted by Gasteiger charge is 2.42. The maximum absolute atomic E-state index is 12.3. The first-order valence-corrected chi connectivity index (χ1v) is 7.18. The second kappa shape index (κ2) is 6.03.